The van der Waals surface area contributed by atoms with Crippen LogP contribution in [0.2, 0.25) is 0 Å². The predicted octanol–water partition coefficient (Wildman–Crippen LogP) is 2.67. The lowest BCUT2D eigenvalue weighted by Crippen LogP contribution is -2.51. The highest BCUT2D eigenvalue weighted by Crippen LogP contribution is 2.40. The second-order valence-corrected chi connectivity index (χ2v) is 7.23. The number of fused-ring (bicyclic) bond motifs is 1. The van der Waals surface area contributed by atoms with Crippen LogP contribution in [0.25, 0.3) is 0 Å². The minimum absolute atomic E-state index is 0.0807. The number of ether oxygens (including phenoxy) is 3. The van der Waals surface area contributed by atoms with E-state index < -0.39 is 11.6 Å². The summed E-state index contributed by atoms with van der Waals surface area (Å²) in [4.78, 5) is 26.5. The maximum absolute atomic E-state index is 12.7. The number of benzene rings is 1. The van der Waals surface area contributed by atoms with Gasteiger partial charge in [-0.05, 0) is 37.3 Å². The highest BCUT2D eigenvalue weighted by atomic mass is 16.5. The van der Waals surface area contributed by atoms with Gasteiger partial charge in [-0.15, -0.1) is 10.2 Å². The molecule has 0 bridgehead atoms. The molecule has 0 radical (unpaired) electrons. The van der Waals surface area contributed by atoms with Crippen molar-refractivity contribution in [3.05, 3.63) is 41.6 Å². The van der Waals surface area contributed by atoms with Crippen LogP contribution < -0.4 is 14.4 Å². The van der Waals surface area contributed by atoms with Gasteiger partial charge in [0.1, 0.15) is 17.1 Å². The van der Waals surface area contributed by atoms with E-state index in [9.17, 15) is 9.59 Å². The SMILES string of the molecule is CCOC(=O)c1ccc(N2CCC3(CC2)CC(=O)c2cc(OC)ccc2O3)nn1. The largest absolute Gasteiger partial charge is 0.497 e. The molecule has 0 amide bonds. The number of methoxy groups -OCH3 is 1. The monoisotopic (exact) mass is 397 g/mol. The number of anilines is 1. The number of Topliss-reactive ketones (excluding diaryl/α,β-unsaturated/α-hetero) is 1. The number of carbonyl (C=O) groups is 2. The molecule has 2 aliphatic heterocycles. The van der Waals surface area contributed by atoms with Crippen LogP contribution in [-0.2, 0) is 4.74 Å². The van der Waals surface area contributed by atoms with Gasteiger partial charge in [-0.1, -0.05) is 0 Å². The lowest BCUT2D eigenvalue weighted by Gasteiger charge is -2.44. The highest BCUT2D eigenvalue weighted by molar-refractivity contribution is 6.00. The number of nitrogens with zero attached hydrogens (tertiary/aromatic N) is 3. The summed E-state index contributed by atoms with van der Waals surface area (Å²) >= 11 is 0. The third kappa shape index (κ3) is 3.74. The molecule has 8 nitrogen and oxygen atoms in total. The Morgan fingerprint density at radius 3 is 2.66 bits per heavy atom. The summed E-state index contributed by atoms with van der Waals surface area (Å²) in [5, 5.41) is 8.13. The molecule has 1 fully saturated rings. The minimum Gasteiger partial charge on any atom is -0.497 e. The fourth-order valence-corrected chi connectivity index (χ4v) is 3.83. The summed E-state index contributed by atoms with van der Waals surface area (Å²) in [6.07, 6.45) is 1.76. The van der Waals surface area contributed by atoms with Crippen molar-refractivity contribution in [3.8, 4) is 11.5 Å². The molecule has 1 aromatic heterocycles. The highest BCUT2D eigenvalue weighted by Gasteiger charge is 2.43. The normalized spacial score (nSPS) is 17.4. The van der Waals surface area contributed by atoms with Crippen LogP contribution in [0.3, 0.4) is 0 Å². The standard InChI is InChI=1S/C21H23N3O5/c1-3-28-20(26)16-5-7-19(23-22-16)24-10-8-21(9-11-24)13-17(25)15-12-14(27-2)4-6-18(15)29-21/h4-7,12H,3,8-11,13H2,1-2H3. The topological polar surface area (TPSA) is 90.9 Å². The van der Waals surface area contributed by atoms with E-state index in [1.54, 1.807) is 44.4 Å². The molecule has 1 aromatic carbocycles. The van der Waals surface area contributed by atoms with Crippen LogP contribution in [0, 0.1) is 0 Å². The molecule has 4 rings (SSSR count). The number of carbonyl (C=O) groups excluding carboxylic acids is 2. The summed E-state index contributed by atoms with van der Waals surface area (Å²) in [5.74, 6) is 1.57. The molecule has 1 spiro atoms. The zero-order chi connectivity index (χ0) is 20.4. The Morgan fingerprint density at radius 1 is 1.21 bits per heavy atom. The number of ketones is 1. The Kier molecular flexibility index (Phi) is 5.08. The number of rotatable bonds is 4. The van der Waals surface area contributed by atoms with E-state index in [2.05, 4.69) is 15.1 Å². The molecule has 2 aliphatic rings. The lowest BCUT2D eigenvalue weighted by atomic mass is 9.82. The van der Waals surface area contributed by atoms with Crippen LogP contribution in [0.15, 0.2) is 30.3 Å². The summed E-state index contributed by atoms with van der Waals surface area (Å²) in [5.41, 5.74) is 0.281. The number of hydrogen-bond donors (Lipinski definition) is 0. The molecule has 3 heterocycles. The van der Waals surface area contributed by atoms with Crippen LogP contribution in [0.1, 0.15) is 47.0 Å². The Labute approximate surface area is 168 Å². The molecule has 0 unspecified atom stereocenters. The third-order valence-electron chi connectivity index (χ3n) is 5.43. The molecule has 0 N–H and O–H groups in total. The molecule has 8 heteroatoms. The van der Waals surface area contributed by atoms with Crippen molar-refractivity contribution < 1.29 is 23.8 Å². The Balaban J connectivity index is 1.44. The summed E-state index contributed by atoms with van der Waals surface area (Å²) < 4.78 is 16.4. The van der Waals surface area contributed by atoms with Crippen molar-refractivity contribution in [2.24, 2.45) is 0 Å². The molecule has 0 atom stereocenters. The Morgan fingerprint density at radius 2 is 2.00 bits per heavy atom. The van der Waals surface area contributed by atoms with Gasteiger partial charge in [-0.3, -0.25) is 4.79 Å². The van der Waals surface area contributed by atoms with E-state index in [0.717, 1.165) is 0 Å². The average Bonchev–Trinajstić information content (AvgIpc) is 2.74. The van der Waals surface area contributed by atoms with E-state index in [-0.39, 0.29) is 11.5 Å². The zero-order valence-electron chi connectivity index (χ0n) is 16.5. The van der Waals surface area contributed by atoms with Crippen molar-refractivity contribution in [1.82, 2.24) is 10.2 Å². The van der Waals surface area contributed by atoms with Gasteiger partial charge in [0.15, 0.2) is 17.3 Å². The molecule has 29 heavy (non-hydrogen) atoms. The van der Waals surface area contributed by atoms with Crippen LogP contribution in [0.5, 0.6) is 11.5 Å². The lowest BCUT2D eigenvalue weighted by molar-refractivity contribution is 0.0230. The molecule has 0 aliphatic carbocycles. The van der Waals surface area contributed by atoms with E-state index in [4.69, 9.17) is 14.2 Å². The van der Waals surface area contributed by atoms with Crippen molar-refractivity contribution in [2.45, 2.75) is 31.8 Å². The Hall–Kier alpha value is -3.16. The van der Waals surface area contributed by atoms with Gasteiger partial charge in [0.2, 0.25) is 0 Å². The number of hydrogen-bond acceptors (Lipinski definition) is 8. The van der Waals surface area contributed by atoms with Gasteiger partial charge < -0.3 is 19.1 Å². The van der Waals surface area contributed by atoms with Crippen molar-refractivity contribution >= 4 is 17.6 Å². The average molecular weight is 397 g/mol. The third-order valence-corrected chi connectivity index (χ3v) is 5.43. The molecule has 1 saturated heterocycles. The van der Waals surface area contributed by atoms with Crippen LogP contribution >= 0.6 is 0 Å². The quantitative estimate of drug-likeness (QED) is 0.728. The first-order valence-electron chi connectivity index (χ1n) is 9.69. The van der Waals surface area contributed by atoms with Gasteiger partial charge in [0, 0.05) is 25.9 Å². The first-order valence-corrected chi connectivity index (χ1v) is 9.69. The van der Waals surface area contributed by atoms with Crippen LogP contribution in [-0.4, -0.2) is 54.4 Å². The van der Waals surface area contributed by atoms with E-state index in [1.807, 2.05) is 0 Å². The molecule has 2 aromatic rings. The molecule has 152 valence electrons. The maximum atomic E-state index is 12.7. The molecule has 0 saturated carbocycles. The second-order valence-electron chi connectivity index (χ2n) is 7.23. The molecular formula is C21H23N3O5. The molecular weight excluding hydrogens is 374 g/mol. The number of piperidine rings is 1. The minimum atomic E-state index is -0.493. The summed E-state index contributed by atoms with van der Waals surface area (Å²) in [6.45, 7) is 3.42. The summed E-state index contributed by atoms with van der Waals surface area (Å²) in [7, 11) is 1.58. The fraction of sp³-hybridized carbons (Fsp3) is 0.429. The first-order chi connectivity index (χ1) is 14.0. The zero-order valence-corrected chi connectivity index (χ0v) is 16.5. The van der Waals surface area contributed by atoms with Gasteiger partial charge in [-0.2, -0.15) is 0 Å². The van der Waals surface area contributed by atoms with Crippen molar-refractivity contribution in [1.29, 1.82) is 0 Å². The fourth-order valence-electron chi connectivity index (χ4n) is 3.83. The van der Waals surface area contributed by atoms with Crippen LogP contribution in [0.4, 0.5) is 5.82 Å². The predicted molar refractivity (Wildman–Crippen MR) is 105 cm³/mol. The van der Waals surface area contributed by atoms with E-state index in [0.29, 0.717) is 61.8 Å². The number of aromatic nitrogens is 2. The Bertz CT molecular complexity index is 920. The van der Waals surface area contributed by atoms with Crippen molar-refractivity contribution in [3.63, 3.8) is 0 Å². The van der Waals surface area contributed by atoms with Gasteiger partial charge in [0.25, 0.3) is 0 Å². The second kappa shape index (κ2) is 7.69. The summed E-state index contributed by atoms with van der Waals surface area (Å²) in [6, 6.07) is 8.74. The van der Waals surface area contributed by atoms with Gasteiger partial charge >= 0.3 is 5.97 Å². The first kappa shape index (κ1) is 19.2. The van der Waals surface area contributed by atoms with Gasteiger partial charge in [-0.25, -0.2) is 4.79 Å². The number of esters is 1. The van der Waals surface area contributed by atoms with E-state index >= 15 is 0 Å². The van der Waals surface area contributed by atoms with E-state index in [1.165, 1.54) is 0 Å². The van der Waals surface area contributed by atoms with Crippen molar-refractivity contribution in [2.75, 3.05) is 31.7 Å². The smallest absolute Gasteiger partial charge is 0.358 e. The maximum Gasteiger partial charge on any atom is 0.358 e. The van der Waals surface area contributed by atoms with Gasteiger partial charge in [0.05, 0.1) is 25.7 Å².